The van der Waals surface area contributed by atoms with Crippen molar-refractivity contribution in [3.8, 4) is 5.75 Å². The summed E-state index contributed by atoms with van der Waals surface area (Å²) in [6.07, 6.45) is 2.03. The number of ketones is 1. The van der Waals surface area contributed by atoms with Crippen LogP contribution >= 0.6 is 0 Å². The van der Waals surface area contributed by atoms with Crippen LogP contribution < -0.4 is 16.4 Å². The van der Waals surface area contributed by atoms with Gasteiger partial charge in [-0.1, -0.05) is 13.8 Å². The predicted molar refractivity (Wildman–Crippen MR) is 135 cm³/mol. The van der Waals surface area contributed by atoms with Crippen molar-refractivity contribution in [3.63, 3.8) is 0 Å². The van der Waals surface area contributed by atoms with E-state index >= 15 is 0 Å². The van der Waals surface area contributed by atoms with Crippen LogP contribution in [0.3, 0.4) is 0 Å². The minimum absolute atomic E-state index is 0.0672. The number of carbonyl (C=O) groups excluding carboxylic acids is 1. The minimum atomic E-state index is -0.577. The molecular weight excluding hydrogens is 418 g/mol. The lowest BCUT2D eigenvalue weighted by atomic mass is 10.1. The molecule has 2 heterocycles. The molecule has 5 N–H and O–H groups in total. The number of phenols is 1. The van der Waals surface area contributed by atoms with Crippen molar-refractivity contribution in [3.05, 3.63) is 23.9 Å². The second-order valence-electron chi connectivity index (χ2n) is 8.50. The van der Waals surface area contributed by atoms with Gasteiger partial charge in [0.15, 0.2) is 11.6 Å². The maximum Gasteiger partial charge on any atom is 0.222 e. The van der Waals surface area contributed by atoms with Crippen LogP contribution in [0.2, 0.25) is 0 Å². The first-order chi connectivity index (χ1) is 15.7. The number of rotatable bonds is 8. The number of anilines is 2. The zero-order valence-corrected chi connectivity index (χ0v) is 20.1. The molecule has 1 aromatic carbocycles. The zero-order valence-electron chi connectivity index (χ0n) is 20.1. The number of nitrogens with one attached hydrogen (secondary N) is 2. The summed E-state index contributed by atoms with van der Waals surface area (Å²) >= 11 is 0. The Labute approximate surface area is 195 Å². The molecule has 0 bridgehead atoms. The number of nitrogen functional groups attached to an aromatic ring is 1. The maximum absolute atomic E-state index is 12.7. The van der Waals surface area contributed by atoms with Gasteiger partial charge >= 0.3 is 0 Å². The number of benzene rings is 1. The van der Waals surface area contributed by atoms with E-state index in [-0.39, 0.29) is 23.4 Å². The third kappa shape index (κ3) is 5.78. The summed E-state index contributed by atoms with van der Waals surface area (Å²) in [6, 6.07) is 4.70. The third-order valence-corrected chi connectivity index (χ3v) is 5.89. The minimum Gasteiger partial charge on any atom is -0.505 e. The van der Waals surface area contributed by atoms with Crippen molar-refractivity contribution in [2.24, 2.45) is 9.98 Å². The fourth-order valence-corrected chi connectivity index (χ4v) is 3.95. The molecule has 1 aromatic heterocycles. The Morgan fingerprint density at radius 3 is 2.70 bits per heavy atom. The van der Waals surface area contributed by atoms with Gasteiger partial charge in [-0.15, -0.1) is 0 Å². The van der Waals surface area contributed by atoms with Crippen molar-refractivity contribution >= 4 is 39.9 Å². The highest BCUT2D eigenvalue weighted by atomic mass is 16.3. The summed E-state index contributed by atoms with van der Waals surface area (Å²) in [5.74, 6) is 0.229. The van der Waals surface area contributed by atoms with Crippen LogP contribution in [0.15, 0.2) is 28.2 Å². The van der Waals surface area contributed by atoms with E-state index in [1.807, 2.05) is 6.92 Å². The van der Waals surface area contributed by atoms with E-state index in [0.29, 0.717) is 28.2 Å². The van der Waals surface area contributed by atoms with Gasteiger partial charge in [0, 0.05) is 17.4 Å². The van der Waals surface area contributed by atoms with Gasteiger partial charge in [-0.2, -0.15) is 4.99 Å². The number of Topliss-reactive ketones (excluding diaryl/α,β-unsaturated/α-hetero) is 1. The number of phenolic OH excluding ortho intramolecular Hbond substituents is 1. The van der Waals surface area contributed by atoms with Gasteiger partial charge in [-0.25, -0.2) is 4.99 Å². The lowest BCUT2D eigenvalue weighted by Gasteiger charge is -2.22. The number of pyridine rings is 1. The number of aryl methyl sites for hydroxylation is 1. The molecule has 9 nitrogen and oxygen atoms in total. The third-order valence-electron chi connectivity index (χ3n) is 5.89. The van der Waals surface area contributed by atoms with Crippen molar-refractivity contribution in [2.45, 2.75) is 59.5 Å². The second kappa shape index (κ2) is 10.6. The monoisotopic (exact) mass is 453 g/mol. The molecule has 2 unspecified atom stereocenters. The molecule has 0 saturated carbocycles. The first-order valence-electron chi connectivity index (χ1n) is 11.6. The highest BCUT2D eigenvalue weighted by molar-refractivity contribution is 6.47. The van der Waals surface area contributed by atoms with E-state index < -0.39 is 6.04 Å². The number of aromatic nitrogens is 1. The normalized spacial score (nSPS) is 17.2. The number of aliphatic imine (C=N–C) groups is 2. The number of fused-ring (bicyclic) bond motifs is 1. The molecule has 33 heavy (non-hydrogen) atoms. The van der Waals surface area contributed by atoms with Crippen LogP contribution in [0.4, 0.5) is 11.4 Å². The number of hydrogen-bond donors (Lipinski definition) is 4. The number of nitrogens with two attached hydrogens (primary N) is 1. The van der Waals surface area contributed by atoms with Gasteiger partial charge in [-0.3, -0.25) is 9.78 Å². The summed E-state index contributed by atoms with van der Waals surface area (Å²) in [6.45, 7) is 13.1. The van der Waals surface area contributed by atoms with E-state index in [1.165, 1.54) is 0 Å². The number of nitrogens with zero attached hydrogens (tertiary/aromatic N) is 4. The van der Waals surface area contributed by atoms with Crippen LogP contribution in [0.1, 0.15) is 46.2 Å². The maximum atomic E-state index is 12.7. The molecule has 0 amide bonds. The van der Waals surface area contributed by atoms with Gasteiger partial charge in [-0.05, 0) is 71.4 Å². The van der Waals surface area contributed by atoms with Crippen molar-refractivity contribution in [1.82, 2.24) is 15.2 Å². The van der Waals surface area contributed by atoms with Crippen molar-refractivity contribution < 1.29 is 9.90 Å². The van der Waals surface area contributed by atoms with E-state index in [4.69, 9.17) is 5.73 Å². The molecule has 0 radical (unpaired) electrons. The Balaban J connectivity index is 1.74. The van der Waals surface area contributed by atoms with Gasteiger partial charge in [0.25, 0.3) is 0 Å². The lowest BCUT2D eigenvalue weighted by Crippen LogP contribution is -2.41. The van der Waals surface area contributed by atoms with Gasteiger partial charge < -0.3 is 26.4 Å². The number of guanidine groups is 1. The van der Waals surface area contributed by atoms with Crippen LogP contribution in [-0.4, -0.2) is 64.3 Å². The molecule has 0 spiro atoms. The molecule has 178 valence electrons. The smallest absolute Gasteiger partial charge is 0.222 e. The SMILES string of the molecule is CCN(CC)CCCC(C)NC1=NC(C)C(=O)C(Nc2ccc3nc(C)cc(N)c3c2O)=N1. The number of aromatic hydroxyl groups is 1. The highest BCUT2D eigenvalue weighted by Gasteiger charge is 2.26. The Kier molecular flexibility index (Phi) is 7.86. The molecule has 1 aliphatic heterocycles. The number of hydrogen-bond acceptors (Lipinski definition) is 9. The molecule has 2 aromatic rings. The average Bonchev–Trinajstić information content (AvgIpc) is 2.76. The number of amidine groups is 1. The fourth-order valence-electron chi connectivity index (χ4n) is 3.95. The molecule has 1 aliphatic rings. The largest absolute Gasteiger partial charge is 0.505 e. The first kappa shape index (κ1) is 24.4. The molecular formula is C24H35N7O2. The highest BCUT2D eigenvalue weighted by Crippen LogP contribution is 2.36. The summed E-state index contributed by atoms with van der Waals surface area (Å²) in [5.41, 5.74) is 8.22. The molecule has 0 saturated heterocycles. The van der Waals surface area contributed by atoms with E-state index in [0.717, 1.165) is 38.2 Å². The first-order valence-corrected chi connectivity index (χ1v) is 11.6. The predicted octanol–water partition coefficient (Wildman–Crippen LogP) is 3.07. The van der Waals surface area contributed by atoms with E-state index in [2.05, 4.69) is 51.3 Å². The Bertz CT molecular complexity index is 1080. The number of carbonyl (C=O) groups is 1. The topological polar surface area (TPSA) is 128 Å². The van der Waals surface area contributed by atoms with Crippen molar-refractivity contribution in [2.75, 3.05) is 30.7 Å². The molecule has 2 atom stereocenters. The summed E-state index contributed by atoms with van der Waals surface area (Å²) in [5, 5.41) is 17.5. The van der Waals surface area contributed by atoms with Crippen LogP contribution in [0.25, 0.3) is 10.9 Å². The fraction of sp³-hybridized carbons (Fsp3) is 0.500. The van der Waals surface area contributed by atoms with Gasteiger partial charge in [0.2, 0.25) is 11.7 Å². The molecule has 0 aliphatic carbocycles. The Morgan fingerprint density at radius 2 is 2.00 bits per heavy atom. The summed E-state index contributed by atoms with van der Waals surface area (Å²) in [4.78, 5) is 28.3. The average molecular weight is 454 g/mol. The van der Waals surface area contributed by atoms with Crippen LogP contribution in [-0.2, 0) is 4.79 Å². The Morgan fingerprint density at radius 1 is 1.27 bits per heavy atom. The van der Waals surface area contributed by atoms with Crippen LogP contribution in [0, 0.1) is 6.92 Å². The zero-order chi connectivity index (χ0) is 24.1. The summed E-state index contributed by atoms with van der Waals surface area (Å²) in [7, 11) is 0. The van der Waals surface area contributed by atoms with Crippen molar-refractivity contribution in [1.29, 1.82) is 0 Å². The molecule has 9 heteroatoms. The second-order valence-corrected chi connectivity index (χ2v) is 8.50. The van der Waals surface area contributed by atoms with Gasteiger partial charge in [0.05, 0.1) is 16.6 Å². The van der Waals surface area contributed by atoms with E-state index in [9.17, 15) is 9.90 Å². The standard InChI is InChI=1S/C24H35N7O2/c1-6-31(7-2)12-8-9-14(3)27-24-28-16(5)21(32)23(30-24)29-19-11-10-18-20(22(19)33)17(25)13-15(4)26-18/h10-11,13-14,16,33H,6-9,12H2,1-5H3,(H2,25,26)(H2,27,28,29,30). The lowest BCUT2D eigenvalue weighted by molar-refractivity contribution is -0.113. The molecule has 0 fully saturated rings. The summed E-state index contributed by atoms with van der Waals surface area (Å²) < 4.78 is 0. The van der Waals surface area contributed by atoms with Crippen LogP contribution in [0.5, 0.6) is 5.75 Å². The Hall–Kier alpha value is -3.20. The quantitative estimate of drug-likeness (QED) is 0.452. The van der Waals surface area contributed by atoms with E-state index in [1.54, 1.807) is 25.1 Å². The molecule has 3 rings (SSSR count). The van der Waals surface area contributed by atoms with Gasteiger partial charge in [0.1, 0.15) is 6.04 Å².